The maximum atomic E-state index is 15.1. The molecule has 2 aromatic carbocycles. The number of amides is 1. The Morgan fingerprint density at radius 3 is 2.61 bits per heavy atom. The second kappa shape index (κ2) is 8.85. The molecule has 0 radical (unpaired) electrons. The molecule has 2 N–H and O–H groups in total. The quantitative estimate of drug-likeness (QED) is 0.579. The predicted octanol–water partition coefficient (Wildman–Crippen LogP) is 3.38. The lowest BCUT2D eigenvalue weighted by Gasteiger charge is -2.24. The molecule has 0 fully saturated rings. The molecule has 8 nitrogen and oxygen atoms in total. The Hall–Kier alpha value is -2.82. The molecule has 0 spiro atoms. The second-order valence-electron chi connectivity index (χ2n) is 8.34. The van der Waals surface area contributed by atoms with Crippen LogP contribution in [0, 0.1) is 11.7 Å². The molecule has 33 heavy (non-hydrogen) atoms. The van der Waals surface area contributed by atoms with Crippen LogP contribution < -0.4 is 10.6 Å². The first-order valence-electron chi connectivity index (χ1n) is 10.3. The molecule has 1 aliphatic rings. The van der Waals surface area contributed by atoms with Crippen LogP contribution in [0.1, 0.15) is 25.3 Å². The van der Waals surface area contributed by atoms with Gasteiger partial charge in [0, 0.05) is 11.4 Å². The van der Waals surface area contributed by atoms with E-state index < -0.39 is 33.4 Å². The molecule has 174 valence electrons. The monoisotopic (exact) mass is 492 g/mol. The van der Waals surface area contributed by atoms with E-state index in [1.165, 1.54) is 11.0 Å². The van der Waals surface area contributed by atoms with E-state index in [0.29, 0.717) is 22.9 Å². The first kappa shape index (κ1) is 23.3. The number of sulfone groups is 1. The molecule has 11 heteroatoms. The number of aromatic nitrogens is 2. The first-order chi connectivity index (χ1) is 15.5. The highest BCUT2D eigenvalue weighted by atomic mass is 35.5. The number of nitrogens with two attached hydrogens (primary N) is 1. The number of carbonyl (C=O) groups excluding carboxylic acids is 1. The van der Waals surface area contributed by atoms with Gasteiger partial charge in [0.2, 0.25) is 11.8 Å². The standard InChI is InChI=1S/C22H22ClFN4O4S/c1-12(2)7-20-26-27-21(32-20)15-8-18-19(9-16(15)24)33(30,31)11-17(25)22(29)28(18)10-13-3-5-14(23)6-4-13/h3-6,8-9,12,17H,7,10-11,25H2,1-2H3/t17-/m0/s1. The first-order valence-corrected chi connectivity index (χ1v) is 12.3. The van der Waals surface area contributed by atoms with Crippen molar-refractivity contribution in [1.82, 2.24) is 10.2 Å². The number of anilines is 1. The third kappa shape index (κ3) is 4.78. The summed E-state index contributed by atoms with van der Waals surface area (Å²) in [4.78, 5) is 14.0. The van der Waals surface area contributed by atoms with Crippen molar-refractivity contribution < 1.29 is 22.0 Å². The van der Waals surface area contributed by atoms with E-state index in [0.717, 1.165) is 6.07 Å². The van der Waals surface area contributed by atoms with Crippen molar-refractivity contribution >= 4 is 33.0 Å². The lowest BCUT2D eigenvalue weighted by Crippen LogP contribution is -2.45. The van der Waals surface area contributed by atoms with Crippen LogP contribution in [0.4, 0.5) is 10.1 Å². The van der Waals surface area contributed by atoms with Crippen LogP contribution in [0.3, 0.4) is 0 Å². The number of hydrogen-bond acceptors (Lipinski definition) is 7. The summed E-state index contributed by atoms with van der Waals surface area (Å²) in [6, 6.07) is 7.56. The zero-order valence-electron chi connectivity index (χ0n) is 18.0. The SMILES string of the molecule is CC(C)Cc1nnc(-c2cc3c(cc2F)S(=O)(=O)C[C@H](N)C(=O)N3Cc2ccc(Cl)cc2)o1. The van der Waals surface area contributed by atoms with E-state index in [1.54, 1.807) is 24.3 Å². The highest BCUT2D eigenvalue weighted by molar-refractivity contribution is 7.91. The average molecular weight is 493 g/mol. The molecule has 0 saturated carbocycles. The van der Waals surface area contributed by atoms with Gasteiger partial charge in [0.1, 0.15) is 5.82 Å². The minimum Gasteiger partial charge on any atom is -0.421 e. The molecule has 2 heterocycles. The fraction of sp³-hybridized carbons (Fsp3) is 0.318. The van der Waals surface area contributed by atoms with Crippen molar-refractivity contribution in [2.75, 3.05) is 10.7 Å². The number of carbonyl (C=O) groups is 1. The molecule has 1 aliphatic heterocycles. The Morgan fingerprint density at radius 1 is 1.24 bits per heavy atom. The zero-order chi connectivity index (χ0) is 23.9. The van der Waals surface area contributed by atoms with Gasteiger partial charge < -0.3 is 15.1 Å². The van der Waals surface area contributed by atoms with E-state index in [9.17, 15) is 13.2 Å². The molecular formula is C22H22ClFN4O4S. The van der Waals surface area contributed by atoms with Gasteiger partial charge in [-0.1, -0.05) is 37.6 Å². The van der Waals surface area contributed by atoms with Gasteiger partial charge in [-0.25, -0.2) is 12.8 Å². The summed E-state index contributed by atoms with van der Waals surface area (Å²) in [6.45, 7) is 3.96. The predicted molar refractivity (Wildman–Crippen MR) is 121 cm³/mol. The minimum absolute atomic E-state index is 0.00269. The number of halogens is 2. The molecule has 0 saturated heterocycles. The number of fused-ring (bicyclic) bond motifs is 1. The van der Waals surface area contributed by atoms with Gasteiger partial charge in [0.05, 0.1) is 34.5 Å². The molecule has 0 aliphatic carbocycles. The summed E-state index contributed by atoms with van der Waals surface area (Å²) in [5.74, 6) is -1.61. The summed E-state index contributed by atoms with van der Waals surface area (Å²) in [5.41, 5.74) is 6.50. The zero-order valence-corrected chi connectivity index (χ0v) is 19.5. The van der Waals surface area contributed by atoms with Gasteiger partial charge in [-0.15, -0.1) is 10.2 Å². The van der Waals surface area contributed by atoms with Gasteiger partial charge in [0.15, 0.2) is 9.84 Å². The molecule has 1 atom stereocenters. The molecule has 0 bridgehead atoms. The third-order valence-electron chi connectivity index (χ3n) is 5.19. The largest absolute Gasteiger partial charge is 0.421 e. The van der Waals surface area contributed by atoms with Gasteiger partial charge in [-0.3, -0.25) is 4.79 Å². The highest BCUT2D eigenvalue weighted by Gasteiger charge is 2.37. The molecule has 3 aromatic rings. The fourth-order valence-electron chi connectivity index (χ4n) is 3.61. The number of hydrogen-bond donors (Lipinski definition) is 1. The number of rotatable bonds is 5. The van der Waals surface area contributed by atoms with E-state index in [-0.39, 0.29) is 34.5 Å². The van der Waals surface area contributed by atoms with Crippen LogP contribution >= 0.6 is 11.6 Å². The lowest BCUT2D eigenvalue weighted by molar-refractivity contribution is -0.119. The summed E-state index contributed by atoms with van der Waals surface area (Å²) in [5, 5.41) is 8.37. The smallest absolute Gasteiger partial charge is 0.250 e. The molecule has 0 unspecified atom stereocenters. The Kier molecular flexibility index (Phi) is 6.26. The van der Waals surface area contributed by atoms with Crippen LogP contribution in [0.15, 0.2) is 45.7 Å². The van der Waals surface area contributed by atoms with Crippen LogP contribution in [-0.4, -0.2) is 36.3 Å². The van der Waals surface area contributed by atoms with Crippen molar-refractivity contribution in [2.24, 2.45) is 11.7 Å². The summed E-state index contributed by atoms with van der Waals surface area (Å²) < 4.78 is 46.5. The lowest BCUT2D eigenvalue weighted by atomic mass is 10.1. The van der Waals surface area contributed by atoms with Crippen LogP contribution in [0.25, 0.3) is 11.5 Å². The number of nitrogens with zero attached hydrogens (tertiary/aromatic N) is 3. The third-order valence-corrected chi connectivity index (χ3v) is 7.24. The summed E-state index contributed by atoms with van der Waals surface area (Å²) in [6.07, 6.45) is 0.504. The van der Waals surface area contributed by atoms with Gasteiger partial charge in [-0.2, -0.15) is 0 Å². The van der Waals surface area contributed by atoms with Gasteiger partial charge >= 0.3 is 0 Å². The van der Waals surface area contributed by atoms with E-state index in [2.05, 4.69) is 10.2 Å². The summed E-state index contributed by atoms with van der Waals surface area (Å²) >= 11 is 5.95. The maximum Gasteiger partial charge on any atom is 0.250 e. The Bertz CT molecular complexity index is 1310. The Labute approximate surface area is 195 Å². The van der Waals surface area contributed by atoms with E-state index >= 15 is 4.39 Å². The normalized spacial score (nSPS) is 17.8. The maximum absolute atomic E-state index is 15.1. The van der Waals surface area contributed by atoms with E-state index in [4.69, 9.17) is 21.8 Å². The molecule has 1 amide bonds. The van der Waals surface area contributed by atoms with Gasteiger partial charge in [-0.05, 0) is 35.7 Å². The Morgan fingerprint density at radius 2 is 1.94 bits per heavy atom. The van der Waals surface area contributed by atoms with Gasteiger partial charge in [0.25, 0.3) is 5.89 Å². The molecule has 4 rings (SSSR count). The van der Waals surface area contributed by atoms with Crippen molar-refractivity contribution in [1.29, 1.82) is 0 Å². The highest BCUT2D eigenvalue weighted by Crippen LogP contribution is 2.37. The van der Waals surface area contributed by atoms with Crippen LogP contribution in [0.2, 0.25) is 5.02 Å². The van der Waals surface area contributed by atoms with Crippen molar-refractivity contribution in [3.63, 3.8) is 0 Å². The summed E-state index contributed by atoms with van der Waals surface area (Å²) in [7, 11) is -4.04. The van der Waals surface area contributed by atoms with Crippen LogP contribution in [0.5, 0.6) is 0 Å². The average Bonchev–Trinajstić information content (AvgIpc) is 3.17. The minimum atomic E-state index is -4.04. The molecular weight excluding hydrogens is 471 g/mol. The topological polar surface area (TPSA) is 119 Å². The Balaban J connectivity index is 1.86. The number of benzene rings is 2. The van der Waals surface area contributed by atoms with E-state index in [1.807, 2.05) is 13.8 Å². The molecule has 1 aromatic heterocycles. The second-order valence-corrected chi connectivity index (χ2v) is 10.8. The van der Waals surface area contributed by atoms with Crippen LogP contribution in [-0.2, 0) is 27.6 Å². The van der Waals surface area contributed by atoms with Crippen molar-refractivity contribution in [3.8, 4) is 11.5 Å². The van der Waals surface area contributed by atoms with Crippen molar-refractivity contribution in [2.45, 2.75) is 37.8 Å². The van der Waals surface area contributed by atoms with Crippen molar-refractivity contribution in [3.05, 3.63) is 58.7 Å². The fourth-order valence-corrected chi connectivity index (χ4v) is 5.31.